The van der Waals surface area contributed by atoms with E-state index in [0.717, 1.165) is 29.8 Å². The van der Waals surface area contributed by atoms with E-state index in [-0.39, 0.29) is 6.04 Å². The Hall–Kier alpha value is -2.43. The van der Waals surface area contributed by atoms with Crippen molar-refractivity contribution >= 4 is 17.4 Å². The summed E-state index contributed by atoms with van der Waals surface area (Å²) in [6.45, 7) is 1.90. The Kier molecular flexibility index (Phi) is 3.33. The number of benzene rings is 2. The highest BCUT2D eigenvalue weighted by Crippen LogP contribution is 2.32. The summed E-state index contributed by atoms with van der Waals surface area (Å²) in [4.78, 5) is 13.9. The predicted molar refractivity (Wildman–Crippen MR) is 77.5 cm³/mol. The molecule has 3 nitrogen and oxygen atoms in total. The first kappa shape index (κ1) is 13.5. The third-order valence-corrected chi connectivity index (χ3v) is 3.62. The Morgan fingerprint density at radius 1 is 1.14 bits per heavy atom. The summed E-state index contributed by atoms with van der Waals surface area (Å²) in [5, 5.41) is 2.33. The Morgan fingerprint density at radius 3 is 2.52 bits per heavy atom. The third-order valence-electron chi connectivity index (χ3n) is 3.62. The zero-order valence-corrected chi connectivity index (χ0v) is 11.4. The summed E-state index contributed by atoms with van der Waals surface area (Å²) >= 11 is 0. The summed E-state index contributed by atoms with van der Waals surface area (Å²) in [6.07, 6.45) is 0.726. The second-order valence-electron chi connectivity index (χ2n) is 5.08. The molecule has 1 heterocycles. The fourth-order valence-corrected chi connectivity index (χ4v) is 2.66. The van der Waals surface area contributed by atoms with Gasteiger partial charge in [-0.15, -0.1) is 0 Å². The predicted octanol–water partition coefficient (Wildman–Crippen LogP) is 3.95. The van der Waals surface area contributed by atoms with Crippen molar-refractivity contribution in [3.8, 4) is 0 Å². The molecule has 0 radical (unpaired) electrons. The van der Waals surface area contributed by atoms with Gasteiger partial charge in [-0.25, -0.2) is 13.6 Å². The van der Waals surface area contributed by atoms with Gasteiger partial charge in [0.1, 0.15) is 17.3 Å². The number of nitrogens with zero attached hydrogens (tertiary/aromatic N) is 1. The normalized spacial score (nSPS) is 16.7. The van der Waals surface area contributed by atoms with E-state index in [9.17, 15) is 13.6 Å². The molecule has 2 aromatic carbocycles. The molecular weight excluding hydrogens is 274 g/mol. The van der Waals surface area contributed by atoms with Crippen molar-refractivity contribution < 1.29 is 13.6 Å². The van der Waals surface area contributed by atoms with Crippen molar-refractivity contribution in [1.29, 1.82) is 0 Å². The van der Waals surface area contributed by atoms with Crippen LogP contribution in [0.2, 0.25) is 0 Å². The third kappa shape index (κ3) is 2.35. The van der Waals surface area contributed by atoms with Crippen LogP contribution < -0.4 is 10.2 Å². The SMILES string of the molecule is CC1Cc2ccccc2N1C(=O)Nc1c(F)cccc1F. The van der Waals surface area contributed by atoms with E-state index in [1.807, 2.05) is 31.2 Å². The fraction of sp³-hybridized carbons (Fsp3) is 0.188. The van der Waals surface area contributed by atoms with Gasteiger partial charge in [-0.1, -0.05) is 24.3 Å². The van der Waals surface area contributed by atoms with Crippen LogP contribution >= 0.6 is 0 Å². The number of halogens is 2. The average Bonchev–Trinajstić information content (AvgIpc) is 2.78. The molecule has 5 heteroatoms. The summed E-state index contributed by atoms with van der Waals surface area (Å²) in [6, 6.07) is 10.4. The van der Waals surface area contributed by atoms with E-state index in [1.165, 1.54) is 11.0 Å². The van der Waals surface area contributed by atoms with Crippen LogP contribution in [0, 0.1) is 11.6 Å². The Bertz CT molecular complexity index is 682. The van der Waals surface area contributed by atoms with Gasteiger partial charge in [-0.2, -0.15) is 0 Å². The largest absolute Gasteiger partial charge is 0.326 e. The van der Waals surface area contributed by atoms with E-state index >= 15 is 0 Å². The van der Waals surface area contributed by atoms with Crippen LogP contribution in [0.1, 0.15) is 12.5 Å². The number of amides is 2. The van der Waals surface area contributed by atoms with Gasteiger partial charge in [-0.3, -0.25) is 4.90 Å². The number of hydrogen-bond donors (Lipinski definition) is 1. The van der Waals surface area contributed by atoms with Gasteiger partial charge in [0, 0.05) is 11.7 Å². The molecule has 21 heavy (non-hydrogen) atoms. The molecule has 0 aliphatic carbocycles. The van der Waals surface area contributed by atoms with Crippen molar-refractivity contribution in [3.05, 3.63) is 59.7 Å². The van der Waals surface area contributed by atoms with Crippen molar-refractivity contribution in [2.24, 2.45) is 0 Å². The molecule has 1 unspecified atom stereocenters. The number of nitrogens with one attached hydrogen (secondary N) is 1. The van der Waals surface area contributed by atoms with Crippen LogP contribution in [0.25, 0.3) is 0 Å². The minimum atomic E-state index is -0.788. The maximum absolute atomic E-state index is 13.6. The second kappa shape index (κ2) is 5.16. The lowest BCUT2D eigenvalue weighted by molar-refractivity contribution is 0.255. The van der Waals surface area contributed by atoms with Crippen molar-refractivity contribution in [3.63, 3.8) is 0 Å². The molecule has 0 spiro atoms. The molecule has 0 fully saturated rings. The van der Waals surface area contributed by atoms with E-state index in [1.54, 1.807) is 0 Å². The molecule has 108 valence electrons. The van der Waals surface area contributed by atoms with Crippen LogP contribution in [0.5, 0.6) is 0 Å². The van der Waals surface area contributed by atoms with Crippen LogP contribution in [-0.2, 0) is 6.42 Å². The first-order chi connectivity index (χ1) is 10.1. The molecule has 2 aromatic rings. The van der Waals surface area contributed by atoms with Crippen molar-refractivity contribution in [2.45, 2.75) is 19.4 Å². The van der Waals surface area contributed by atoms with E-state index in [4.69, 9.17) is 0 Å². The van der Waals surface area contributed by atoms with Gasteiger partial charge < -0.3 is 5.32 Å². The highest BCUT2D eigenvalue weighted by atomic mass is 19.1. The zero-order chi connectivity index (χ0) is 15.0. The van der Waals surface area contributed by atoms with Gasteiger partial charge in [-0.05, 0) is 37.1 Å². The minimum absolute atomic E-state index is 0.0581. The molecule has 1 aliphatic rings. The lowest BCUT2D eigenvalue weighted by atomic mass is 10.1. The number of hydrogen-bond acceptors (Lipinski definition) is 1. The molecular formula is C16H14F2N2O. The van der Waals surface area contributed by atoms with Gasteiger partial charge >= 0.3 is 6.03 Å². The van der Waals surface area contributed by atoms with Crippen LogP contribution in [0.3, 0.4) is 0 Å². The van der Waals surface area contributed by atoms with Crippen LogP contribution in [0.4, 0.5) is 25.0 Å². The topological polar surface area (TPSA) is 32.3 Å². The quantitative estimate of drug-likeness (QED) is 0.846. The summed E-state index contributed by atoms with van der Waals surface area (Å²) < 4.78 is 27.2. The molecule has 1 N–H and O–H groups in total. The van der Waals surface area contributed by atoms with Gasteiger partial charge in [0.2, 0.25) is 0 Å². The molecule has 0 saturated heterocycles. The summed E-state index contributed by atoms with van der Waals surface area (Å²) in [7, 11) is 0. The van der Waals surface area contributed by atoms with Gasteiger partial charge in [0.25, 0.3) is 0 Å². The highest BCUT2D eigenvalue weighted by molar-refractivity contribution is 6.03. The average molecular weight is 288 g/mol. The Morgan fingerprint density at radius 2 is 1.81 bits per heavy atom. The van der Waals surface area contributed by atoms with Gasteiger partial charge in [0.05, 0.1) is 0 Å². The number of rotatable bonds is 1. The molecule has 0 saturated carbocycles. The van der Waals surface area contributed by atoms with Crippen molar-refractivity contribution in [1.82, 2.24) is 0 Å². The number of fused-ring (bicyclic) bond motifs is 1. The smallest absolute Gasteiger partial charge is 0.302 e. The Labute approximate surface area is 121 Å². The Balaban J connectivity index is 1.90. The highest BCUT2D eigenvalue weighted by Gasteiger charge is 2.31. The lowest BCUT2D eigenvalue weighted by Crippen LogP contribution is -2.39. The molecule has 1 aliphatic heterocycles. The second-order valence-corrected chi connectivity index (χ2v) is 5.08. The molecule has 1 atom stereocenters. The fourth-order valence-electron chi connectivity index (χ4n) is 2.66. The van der Waals surface area contributed by atoms with E-state index in [2.05, 4.69) is 5.32 Å². The molecule has 2 amide bonds. The number of para-hydroxylation sites is 2. The van der Waals surface area contributed by atoms with E-state index < -0.39 is 23.4 Å². The standard InChI is InChI=1S/C16H14F2N2O/c1-10-9-11-5-2-3-8-14(11)20(10)16(21)19-15-12(17)6-4-7-13(15)18/h2-8,10H,9H2,1H3,(H,19,21). The summed E-state index contributed by atoms with van der Waals surface area (Å²) in [5.74, 6) is -1.58. The number of carbonyl (C=O) groups excluding carboxylic acids is 1. The zero-order valence-electron chi connectivity index (χ0n) is 11.4. The summed E-state index contributed by atoms with van der Waals surface area (Å²) in [5.41, 5.74) is 1.41. The van der Waals surface area contributed by atoms with Crippen LogP contribution in [-0.4, -0.2) is 12.1 Å². The molecule has 0 aromatic heterocycles. The molecule has 3 rings (SSSR count). The van der Waals surface area contributed by atoms with Crippen molar-refractivity contribution in [2.75, 3.05) is 10.2 Å². The van der Waals surface area contributed by atoms with E-state index in [0.29, 0.717) is 0 Å². The minimum Gasteiger partial charge on any atom is -0.302 e. The monoisotopic (exact) mass is 288 g/mol. The molecule has 0 bridgehead atoms. The maximum atomic E-state index is 13.6. The number of urea groups is 1. The maximum Gasteiger partial charge on any atom is 0.326 e. The number of anilines is 2. The first-order valence-electron chi connectivity index (χ1n) is 6.70. The first-order valence-corrected chi connectivity index (χ1v) is 6.70. The van der Waals surface area contributed by atoms with Gasteiger partial charge in [0.15, 0.2) is 0 Å². The lowest BCUT2D eigenvalue weighted by Gasteiger charge is -2.23. The number of carbonyl (C=O) groups is 1. The van der Waals surface area contributed by atoms with Crippen LogP contribution in [0.15, 0.2) is 42.5 Å².